The highest BCUT2D eigenvalue weighted by atomic mass is 16.3. The third-order valence-electron chi connectivity index (χ3n) is 2.56. The number of amides is 2. The number of aryl methyl sites for hydroxylation is 1. The minimum atomic E-state index is -0.417. The number of nitrogens with one attached hydrogen (secondary N) is 2. The third kappa shape index (κ3) is 3.38. The Kier molecular flexibility index (Phi) is 3.56. The molecule has 0 fully saturated rings. The average Bonchev–Trinajstić information content (AvgIpc) is 2.33. The van der Waals surface area contributed by atoms with Crippen molar-refractivity contribution in [3.05, 3.63) is 48.0 Å². The van der Waals surface area contributed by atoms with Gasteiger partial charge in [-0.3, -0.25) is 0 Å². The van der Waals surface area contributed by atoms with Gasteiger partial charge in [-0.15, -0.1) is 0 Å². The van der Waals surface area contributed by atoms with E-state index in [0.717, 1.165) is 5.56 Å². The molecule has 4 N–H and O–H groups in total. The van der Waals surface area contributed by atoms with Crippen LogP contribution in [0.15, 0.2) is 42.5 Å². The molecule has 0 atom stereocenters. The fourth-order valence-electron chi connectivity index (χ4n) is 1.66. The molecule has 0 aliphatic carbocycles. The van der Waals surface area contributed by atoms with Crippen molar-refractivity contribution in [2.45, 2.75) is 6.92 Å². The van der Waals surface area contributed by atoms with Crippen molar-refractivity contribution in [3.8, 4) is 11.5 Å². The van der Waals surface area contributed by atoms with Crippen LogP contribution in [-0.4, -0.2) is 16.2 Å². The first-order chi connectivity index (χ1) is 9.04. The maximum Gasteiger partial charge on any atom is 0.323 e. The maximum absolute atomic E-state index is 11.8. The second-order valence-electron chi connectivity index (χ2n) is 4.13. The van der Waals surface area contributed by atoms with Gasteiger partial charge in [-0.1, -0.05) is 6.07 Å². The summed E-state index contributed by atoms with van der Waals surface area (Å²) in [6.07, 6.45) is 0. The number of aromatic hydroxyl groups is 2. The Labute approximate surface area is 110 Å². The van der Waals surface area contributed by atoms with Gasteiger partial charge in [0.1, 0.15) is 11.5 Å². The molecule has 0 saturated carbocycles. The predicted octanol–water partition coefficient (Wildman–Crippen LogP) is 3.05. The van der Waals surface area contributed by atoms with E-state index in [-0.39, 0.29) is 11.5 Å². The Bertz CT molecular complexity index is 611. The van der Waals surface area contributed by atoms with Crippen molar-refractivity contribution in [2.24, 2.45) is 0 Å². The lowest BCUT2D eigenvalue weighted by molar-refractivity contribution is 0.262. The van der Waals surface area contributed by atoms with Gasteiger partial charge < -0.3 is 20.8 Å². The van der Waals surface area contributed by atoms with E-state index in [2.05, 4.69) is 10.6 Å². The van der Waals surface area contributed by atoms with Crippen LogP contribution in [0.5, 0.6) is 11.5 Å². The van der Waals surface area contributed by atoms with Crippen LogP contribution in [0.4, 0.5) is 16.2 Å². The van der Waals surface area contributed by atoms with Crippen LogP contribution >= 0.6 is 0 Å². The van der Waals surface area contributed by atoms with E-state index in [4.69, 9.17) is 0 Å². The zero-order chi connectivity index (χ0) is 13.8. The predicted molar refractivity (Wildman–Crippen MR) is 73.6 cm³/mol. The quantitative estimate of drug-likeness (QED) is 0.625. The van der Waals surface area contributed by atoms with Crippen molar-refractivity contribution in [1.29, 1.82) is 0 Å². The summed E-state index contributed by atoms with van der Waals surface area (Å²) in [5.41, 5.74) is 1.86. The largest absolute Gasteiger partial charge is 0.508 e. The monoisotopic (exact) mass is 258 g/mol. The summed E-state index contributed by atoms with van der Waals surface area (Å²) in [5.74, 6) is 0.232. The molecule has 2 amide bonds. The minimum absolute atomic E-state index is 0.0820. The Morgan fingerprint density at radius 3 is 2.42 bits per heavy atom. The van der Waals surface area contributed by atoms with Crippen LogP contribution in [0.3, 0.4) is 0 Å². The topological polar surface area (TPSA) is 81.6 Å². The Hall–Kier alpha value is -2.69. The first-order valence-corrected chi connectivity index (χ1v) is 5.71. The molecule has 98 valence electrons. The van der Waals surface area contributed by atoms with Crippen molar-refractivity contribution in [3.63, 3.8) is 0 Å². The average molecular weight is 258 g/mol. The molecular weight excluding hydrogens is 244 g/mol. The normalized spacial score (nSPS) is 9.95. The molecule has 2 aromatic rings. The molecule has 0 bridgehead atoms. The summed E-state index contributed by atoms with van der Waals surface area (Å²) in [4.78, 5) is 11.8. The van der Waals surface area contributed by atoms with Crippen LogP contribution < -0.4 is 10.6 Å². The molecule has 0 heterocycles. The second-order valence-corrected chi connectivity index (χ2v) is 4.13. The molecule has 0 aliphatic heterocycles. The molecule has 0 unspecified atom stereocenters. The number of benzene rings is 2. The number of anilines is 2. The zero-order valence-corrected chi connectivity index (χ0v) is 10.3. The highest BCUT2D eigenvalue weighted by molar-refractivity contribution is 6.00. The summed E-state index contributed by atoms with van der Waals surface area (Å²) >= 11 is 0. The fourth-order valence-corrected chi connectivity index (χ4v) is 1.66. The molecule has 0 saturated heterocycles. The van der Waals surface area contributed by atoms with Crippen molar-refractivity contribution >= 4 is 17.4 Å². The molecule has 2 aromatic carbocycles. The van der Waals surface area contributed by atoms with Gasteiger partial charge in [0.2, 0.25) is 0 Å². The number of carbonyl (C=O) groups is 1. The van der Waals surface area contributed by atoms with Gasteiger partial charge in [-0.05, 0) is 42.8 Å². The first kappa shape index (κ1) is 12.8. The Balaban J connectivity index is 2.05. The summed E-state index contributed by atoms with van der Waals surface area (Å²) in [7, 11) is 0. The van der Waals surface area contributed by atoms with E-state index in [1.54, 1.807) is 31.2 Å². The zero-order valence-electron chi connectivity index (χ0n) is 10.3. The molecule has 0 aliphatic rings. The van der Waals surface area contributed by atoms with E-state index in [1.165, 1.54) is 18.2 Å². The van der Waals surface area contributed by atoms with Gasteiger partial charge >= 0.3 is 6.03 Å². The van der Waals surface area contributed by atoms with Gasteiger partial charge in [0.15, 0.2) is 0 Å². The standard InChI is InChI=1S/C14H14N2O3/c1-9-7-12(18)5-6-13(9)16-14(19)15-10-3-2-4-11(17)8-10/h2-8,17-18H,1H3,(H2,15,16,19). The van der Waals surface area contributed by atoms with E-state index in [0.29, 0.717) is 11.4 Å². The first-order valence-electron chi connectivity index (χ1n) is 5.71. The number of rotatable bonds is 2. The molecule has 0 spiro atoms. The van der Waals surface area contributed by atoms with Crippen LogP contribution in [0, 0.1) is 6.92 Å². The lowest BCUT2D eigenvalue weighted by atomic mass is 10.2. The molecule has 19 heavy (non-hydrogen) atoms. The number of hydrogen-bond donors (Lipinski definition) is 4. The molecule has 5 nitrogen and oxygen atoms in total. The SMILES string of the molecule is Cc1cc(O)ccc1NC(=O)Nc1cccc(O)c1. The van der Waals surface area contributed by atoms with E-state index >= 15 is 0 Å². The van der Waals surface area contributed by atoms with Crippen LogP contribution in [-0.2, 0) is 0 Å². The van der Waals surface area contributed by atoms with E-state index in [9.17, 15) is 15.0 Å². The third-order valence-corrected chi connectivity index (χ3v) is 2.56. The maximum atomic E-state index is 11.8. The summed E-state index contributed by atoms with van der Waals surface area (Å²) < 4.78 is 0. The minimum Gasteiger partial charge on any atom is -0.508 e. The summed E-state index contributed by atoms with van der Waals surface area (Å²) in [5, 5.41) is 23.8. The number of phenols is 2. The second kappa shape index (κ2) is 5.30. The molecule has 0 radical (unpaired) electrons. The molecule has 2 rings (SSSR count). The van der Waals surface area contributed by atoms with Crippen LogP contribution in [0.25, 0.3) is 0 Å². The summed E-state index contributed by atoms with van der Waals surface area (Å²) in [6.45, 7) is 1.78. The number of hydrogen-bond acceptors (Lipinski definition) is 3. The van der Waals surface area contributed by atoms with Crippen LogP contribution in [0.1, 0.15) is 5.56 Å². The lowest BCUT2D eigenvalue weighted by Crippen LogP contribution is -2.19. The number of phenolic OH excluding ortho intramolecular Hbond substituents is 2. The van der Waals surface area contributed by atoms with Gasteiger partial charge in [0.05, 0.1) is 0 Å². The molecular formula is C14H14N2O3. The molecule has 0 aromatic heterocycles. The van der Waals surface area contributed by atoms with Gasteiger partial charge in [-0.25, -0.2) is 4.79 Å². The number of urea groups is 1. The van der Waals surface area contributed by atoms with Gasteiger partial charge in [0.25, 0.3) is 0 Å². The van der Waals surface area contributed by atoms with Crippen molar-refractivity contribution < 1.29 is 15.0 Å². The molecule has 5 heteroatoms. The lowest BCUT2D eigenvalue weighted by Gasteiger charge is -2.10. The van der Waals surface area contributed by atoms with Gasteiger partial charge in [-0.2, -0.15) is 0 Å². The Morgan fingerprint density at radius 2 is 1.74 bits per heavy atom. The van der Waals surface area contributed by atoms with Crippen molar-refractivity contribution in [2.75, 3.05) is 10.6 Å². The Morgan fingerprint density at radius 1 is 1.00 bits per heavy atom. The van der Waals surface area contributed by atoms with E-state index < -0.39 is 6.03 Å². The van der Waals surface area contributed by atoms with Crippen molar-refractivity contribution in [1.82, 2.24) is 0 Å². The summed E-state index contributed by atoms with van der Waals surface area (Å²) in [6, 6.07) is 10.5. The highest BCUT2D eigenvalue weighted by Gasteiger charge is 2.05. The highest BCUT2D eigenvalue weighted by Crippen LogP contribution is 2.21. The fraction of sp³-hybridized carbons (Fsp3) is 0.0714. The van der Waals surface area contributed by atoms with E-state index in [1.807, 2.05) is 0 Å². The van der Waals surface area contributed by atoms with Gasteiger partial charge in [0, 0.05) is 17.4 Å². The smallest absolute Gasteiger partial charge is 0.323 e. The van der Waals surface area contributed by atoms with Crippen LogP contribution in [0.2, 0.25) is 0 Å². The number of carbonyl (C=O) groups excluding carboxylic acids is 1.